The topological polar surface area (TPSA) is 93.1 Å². The summed E-state index contributed by atoms with van der Waals surface area (Å²) in [5.41, 5.74) is 3.24. The molecule has 1 aromatic rings. The van der Waals surface area contributed by atoms with Crippen molar-refractivity contribution in [3.05, 3.63) is 27.8 Å². The average molecular weight is 362 g/mol. The number of aliphatic hydroxyl groups excluding tert-OH is 1. The van der Waals surface area contributed by atoms with Gasteiger partial charge in [0.25, 0.3) is 0 Å². The van der Waals surface area contributed by atoms with Gasteiger partial charge in [0.05, 0.1) is 18.1 Å². The van der Waals surface area contributed by atoms with E-state index in [1.165, 1.54) is 0 Å². The fourth-order valence-electron chi connectivity index (χ4n) is 4.15. The Balaban J connectivity index is 1.94. The molecule has 0 spiro atoms. The van der Waals surface area contributed by atoms with E-state index in [0.29, 0.717) is 36.8 Å². The molecule has 3 rings (SSSR count). The largest absolute Gasteiger partial charge is 0.487 e. The quantitative estimate of drug-likeness (QED) is 0.800. The van der Waals surface area contributed by atoms with Gasteiger partial charge in [-0.15, -0.1) is 0 Å². The number of ether oxygens (including phenoxy) is 2. The third kappa shape index (κ3) is 3.43. The van der Waals surface area contributed by atoms with Crippen molar-refractivity contribution in [1.29, 1.82) is 0 Å². The number of hydrogen-bond donors (Lipinski definition) is 2. The molecule has 0 radical (unpaired) electrons. The molecule has 1 aromatic carbocycles. The second kappa shape index (κ2) is 6.58. The Morgan fingerprint density at radius 2 is 1.96 bits per heavy atom. The Hall–Kier alpha value is -2.08. The predicted octanol–water partition coefficient (Wildman–Crippen LogP) is 2.71. The van der Waals surface area contributed by atoms with E-state index in [-0.39, 0.29) is 24.1 Å². The molecule has 0 aliphatic carbocycles. The number of aromatic carboxylic acids is 1. The molecule has 0 saturated carbocycles. The fourth-order valence-corrected chi connectivity index (χ4v) is 4.15. The summed E-state index contributed by atoms with van der Waals surface area (Å²) in [6.45, 7) is 7.63. The maximum atomic E-state index is 11.8. The summed E-state index contributed by atoms with van der Waals surface area (Å²) in [5.74, 6) is -0.547. The standard InChI is InChI=1S/C20H26O6/c1-10-14(6-5-13-7-12(21)8-16(22)25-13)18-15(9-20(3,4)26-18)11(2)17(10)19(23)24/h12-13,21H,5-9H2,1-4H3,(H,23,24). The number of benzene rings is 1. The highest BCUT2D eigenvalue weighted by Crippen LogP contribution is 2.43. The summed E-state index contributed by atoms with van der Waals surface area (Å²) in [5, 5.41) is 19.5. The number of carboxylic acid groups (broad SMARTS) is 1. The van der Waals surface area contributed by atoms with E-state index in [1.54, 1.807) is 0 Å². The zero-order valence-electron chi connectivity index (χ0n) is 15.7. The van der Waals surface area contributed by atoms with Gasteiger partial charge in [-0.3, -0.25) is 4.79 Å². The molecular weight excluding hydrogens is 336 g/mol. The van der Waals surface area contributed by atoms with Crippen molar-refractivity contribution in [1.82, 2.24) is 0 Å². The van der Waals surface area contributed by atoms with Crippen molar-refractivity contribution in [2.75, 3.05) is 0 Å². The highest BCUT2D eigenvalue weighted by Gasteiger charge is 2.36. The zero-order chi connectivity index (χ0) is 19.2. The molecule has 2 aliphatic heterocycles. The first kappa shape index (κ1) is 18.7. The van der Waals surface area contributed by atoms with E-state index in [0.717, 1.165) is 22.4 Å². The van der Waals surface area contributed by atoms with Crippen LogP contribution in [0.2, 0.25) is 0 Å². The van der Waals surface area contributed by atoms with Gasteiger partial charge in [0.15, 0.2) is 0 Å². The molecule has 2 heterocycles. The second-order valence-corrected chi connectivity index (χ2v) is 8.00. The summed E-state index contributed by atoms with van der Waals surface area (Å²) >= 11 is 0. The van der Waals surface area contributed by atoms with Crippen LogP contribution >= 0.6 is 0 Å². The lowest BCUT2D eigenvalue weighted by atomic mass is 9.87. The SMILES string of the molecule is Cc1c(CCC2CC(O)CC(=O)O2)c2c(c(C)c1C(=O)O)CC(C)(C)O2. The van der Waals surface area contributed by atoms with Crippen LogP contribution in [0.4, 0.5) is 0 Å². The van der Waals surface area contributed by atoms with Crippen LogP contribution in [0.5, 0.6) is 5.75 Å². The maximum Gasteiger partial charge on any atom is 0.336 e. The van der Waals surface area contributed by atoms with Crippen molar-refractivity contribution in [2.45, 2.75) is 77.6 Å². The molecule has 142 valence electrons. The van der Waals surface area contributed by atoms with Gasteiger partial charge in [-0.05, 0) is 57.2 Å². The molecule has 2 aliphatic rings. The van der Waals surface area contributed by atoms with Gasteiger partial charge < -0.3 is 19.7 Å². The first-order valence-corrected chi connectivity index (χ1v) is 9.04. The van der Waals surface area contributed by atoms with Crippen LogP contribution in [0.1, 0.15) is 65.7 Å². The van der Waals surface area contributed by atoms with Crippen molar-refractivity contribution < 1.29 is 29.3 Å². The molecular formula is C20H26O6. The Bertz CT molecular complexity index is 764. The van der Waals surface area contributed by atoms with Crippen molar-refractivity contribution in [3.8, 4) is 5.75 Å². The number of carbonyl (C=O) groups is 2. The van der Waals surface area contributed by atoms with E-state index in [1.807, 2.05) is 27.7 Å². The maximum absolute atomic E-state index is 11.8. The van der Waals surface area contributed by atoms with Gasteiger partial charge in [0.1, 0.15) is 17.5 Å². The highest BCUT2D eigenvalue weighted by atomic mass is 16.5. The molecule has 2 unspecified atom stereocenters. The number of rotatable bonds is 4. The minimum Gasteiger partial charge on any atom is -0.487 e. The van der Waals surface area contributed by atoms with E-state index >= 15 is 0 Å². The third-order valence-corrected chi connectivity index (χ3v) is 5.35. The summed E-state index contributed by atoms with van der Waals surface area (Å²) in [4.78, 5) is 23.3. The number of aliphatic hydroxyl groups is 1. The molecule has 26 heavy (non-hydrogen) atoms. The number of carboxylic acids is 1. The minimum absolute atomic E-state index is 0.0376. The number of cyclic esters (lactones) is 1. The van der Waals surface area contributed by atoms with Gasteiger partial charge in [0.2, 0.25) is 0 Å². The van der Waals surface area contributed by atoms with Crippen LogP contribution in [0.15, 0.2) is 0 Å². The smallest absolute Gasteiger partial charge is 0.336 e. The fraction of sp³-hybridized carbons (Fsp3) is 0.600. The van der Waals surface area contributed by atoms with Gasteiger partial charge in [0, 0.05) is 18.4 Å². The Morgan fingerprint density at radius 1 is 1.27 bits per heavy atom. The van der Waals surface area contributed by atoms with Gasteiger partial charge in [-0.2, -0.15) is 0 Å². The summed E-state index contributed by atoms with van der Waals surface area (Å²) in [6, 6.07) is 0. The second-order valence-electron chi connectivity index (χ2n) is 8.00. The third-order valence-electron chi connectivity index (χ3n) is 5.35. The first-order valence-electron chi connectivity index (χ1n) is 9.04. The Kier molecular flexibility index (Phi) is 4.73. The molecule has 0 amide bonds. The van der Waals surface area contributed by atoms with Crippen LogP contribution in [-0.4, -0.2) is 40.0 Å². The number of fused-ring (bicyclic) bond motifs is 1. The van der Waals surface area contributed by atoms with E-state index in [2.05, 4.69) is 0 Å². The van der Waals surface area contributed by atoms with Crippen LogP contribution < -0.4 is 4.74 Å². The van der Waals surface area contributed by atoms with E-state index in [9.17, 15) is 19.8 Å². The molecule has 0 bridgehead atoms. The molecule has 1 fully saturated rings. The van der Waals surface area contributed by atoms with Crippen LogP contribution in [0.3, 0.4) is 0 Å². The predicted molar refractivity (Wildman–Crippen MR) is 94.7 cm³/mol. The molecule has 0 aromatic heterocycles. The number of esters is 1. The lowest BCUT2D eigenvalue weighted by Crippen LogP contribution is -2.32. The van der Waals surface area contributed by atoms with Crippen molar-refractivity contribution in [3.63, 3.8) is 0 Å². The lowest BCUT2D eigenvalue weighted by molar-refractivity contribution is -0.160. The van der Waals surface area contributed by atoms with E-state index < -0.39 is 12.1 Å². The van der Waals surface area contributed by atoms with Crippen molar-refractivity contribution in [2.24, 2.45) is 0 Å². The van der Waals surface area contributed by atoms with Crippen LogP contribution in [0.25, 0.3) is 0 Å². The van der Waals surface area contributed by atoms with E-state index in [4.69, 9.17) is 9.47 Å². The van der Waals surface area contributed by atoms with Crippen LogP contribution in [-0.2, 0) is 22.4 Å². The minimum atomic E-state index is -0.937. The molecule has 6 heteroatoms. The summed E-state index contributed by atoms with van der Waals surface area (Å²) in [7, 11) is 0. The first-order chi connectivity index (χ1) is 12.1. The van der Waals surface area contributed by atoms with Gasteiger partial charge in [-0.25, -0.2) is 4.79 Å². The van der Waals surface area contributed by atoms with Crippen molar-refractivity contribution >= 4 is 11.9 Å². The molecule has 2 N–H and O–H groups in total. The number of carbonyl (C=O) groups excluding carboxylic acids is 1. The lowest BCUT2D eigenvalue weighted by Gasteiger charge is -2.26. The monoisotopic (exact) mass is 362 g/mol. The molecule has 6 nitrogen and oxygen atoms in total. The van der Waals surface area contributed by atoms with Crippen LogP contribution in [0, 0.1) is 13.8 Å². The van der Waals surface area contributed by atoms with Gasteiger partial charge >= 0.3 is 11.9 Å². The molecule has 1 saturated heterocycles. The summed E-state index contributed by atoms with van der Waals surface area (Å²) < 4.78 is 11.5. The Labute approximate surface area is 153 Å². The summed E-state index contributed by atoms with van der Waals surface area (Å²) in [6.07, 6.45) is 1.16. The van der Waals surface area contributed by atoms with Gasteiger partial charge in [-0.1, -0.05) is 0 Å². The average Bonchev–Trinajstić information content (AvgIpc) is 2.81. The highest BCUT2D eigenvalue weighted by molar-refractivity contribution is 5.93. The molecule has 2 atom stereocenters. The Morgan fingerprint density at radius 3 is 2.58 bits per heavy atom. The normalized spacial score (nSPS) is 24.0. The zero-order valence-corrected chi connectivity index (χ0v) is 15.7. The number of hydrogen-bond acceptors (Lipinski definition) is 5.